The van der Waals surface area contributed by atoms with Crippen LogP contribution in [0.2, 0.25) is 0 Å². The van der Waals surface area contributed by atoms with Crippen molar-refractivity contribution in [2.45, 2.75) is 19.9 Å². The Morgan fingerprint density at radius 2 is 2.38 bits per heavy atom. The predicted octanol–water partition coefficient (Wildman–Crippen LogP) is 1.85. The minimum absolute atomic E-state index is 0.0333. The second-order valence-corrected chi connectivity index (χ2v) is 4.21. The molecule has 0 aliphatic carbocycles. The van der Waals surface area contributed by atoms with Gasteiger partial charge in [-0.2, -0.15) is 0 Å². The molecule has 0 aliphatic rings. The van der Waals surface area contributed by atoms with Gasteiger partial charge in [0.25, 0.3) is 5.69 Å². The second kappa shape index (κ2) is 5.22. The van der Waals surface area contributed by atoms with E-state index in [0.29, 0.717) is 15.9 Å². The zero-order valence-corrected chi connectivity index (χ0v) is 10.5. The van der Waals surface area contributed by atoms with Crippen molar-refractivity contribution < 1.29 is 10.0 Å². The number of hydrogen-bond donors (Lipinski definition) is 2. The van der Waals surface area contributed by atoms with Crippen molar-refractivity contribution in [2.75, 3.05) is 11.9 Å². The Balaban J connectivity index is 3.07. The number of halogens is 1. The number of aliphatic hydroxyl groups excluding tert-OH is 1. The maximum atomic E-state index is 10.6. The van der Waals surface area contributed by atoms with Crippen molar-refractivity contribution in [3.63, 3.8) is 0 Å². The molecule has 0 aromatic carbocycles. The summed E-state index contributed by atoms with van der Waals surface area (Å²) in [5, 5.41) is 22.5. The minimum atomic E-state index is -0.480. The van der Waals surface area contributed by atoms with Crippen molar-refractivity contribution >= 4 is 27.4 Å². The van der Waals surface area contributed by atoms with Crippen molar-refractivity contribution in [1.29, 1.82) is 0 Å². The number of aliphatic hydroxyl groups is 1. The lowest BCUT2D eigenvalue weighted by atomic mass is 10.2. The van der Waals surface area contributed by atoms with Crippen LogP contribution in [-0.4, -0.2) is 27.7 Å². The summed E-state index contributed by atoms with van der Waals surface area (Å²) in [5.74, 6) is 0.490. The lowest BCUT2D eigenvalue weighted by Gasteiger charge is -2.13. The lowest BCUT2D eigenvalue weighted by Crippen LogP contribution is -2.20. The van der Waals surface area contributed by atoms with E-state index in [0.717, 1.165) is 0 Å². The molecule has 2 N–H and O–H groups in total. The number of anilines is 1. The van der Waals surface area contributed by atoms with Crippen LogP contribution in [0.15, 0.2) is 10.7 Å². The molecular formula is C9H12BrN3O3. The van der Waals surface area contributed by atoms with Gasteiger partial charge in [0, 0.05) is 11.6 Å². The van der Waals surface area contributed by atoms with Gasteiger partial charge >= 0.3 is 0 Å². The molecule has 88 valence electrons. The normalized spacial score (nSPS) is 12.2. The molecule has 1 atom stereocenters. The summed E-state index contributed by atoms with van der Waals surface area (Å²) in [7, 11) is 0. The highest BCUT2D eigenvalue weighted by Crippen LogP contribution is 2.30. The van der Waals surface area contributed by atoms with Gasteiger partial charge in [0.1, 0.15) is 12.0 Å². The number of nitro groups is 1. The Labute approximate surface area is 101 Å². The molecule has 1 heterocycles. The van der Waals surface area contributed by atoms with Crippen molar-refractivity contribution in [2.24, 2.45) is 0 Å². The number of hydrogen-bond acceptors (Lipinski definition) is 5. The van der Waals surface area contributed by atoms with Gasteiger partial charge in [-0.1, -0.05) is 0 Å². The Kier molecular flexibility index (Phi) is 4.19. The SMILES string of the molecule is Cc1c([N+](=O)[O-])cnc(NC(C)CO)c1Br. The molecule has 0 fully saturated rings. The Hall–Kier alpha value is -1.21. The molecule has 1 rings (SSSR count). The number of nitrogens with zero attached hydrogens (tertiary/aromatic N) is 2. The molecule has 0 spiro atoms. The molecule has 0 amide bonds. The number of nitrogens with one attached hydrogen (secondary N) is 1. The summed E-state index contributed by atoms with van der Waals surface area (Å²) in [5.41, 5.74) is 0.474. The summed E-state index contributed by atoms with van der Waals surface area (Å²) < 4.78 is 0.544. The average Bonchev–Trinajstić information content (AvgIpc) is 2.24. The fourth-order valence-electron chi connectivity index (χ4n) is 1.13. The fraction of sp³-hybridized carbons (Fsp3) is 0.444. The Bertz CT molecular complexity index is 411. The maximum Gasteiger partial charge on any atom is 0.291 e. The van der Waals surface area contributed by atoms with E-state index in [1.165, 1.54) is 6.20 Å². The summed E-state index contributed by atoms with van der Waals surface area (Å²) in [6.07, 6.45) is 1.20. The predicted molar refractivity (Wildman–Crippen MR) is 63.5 cm³/mol. The maximum absolute atomic E-state index is 10.6. The van der Waals surface area contributed by atoms with E-state index >= 15 is 0 Å². The second-order valence-electron chi connectivity index (χ2n) is 3.42. The molecular weight excluding hydrogens is 278 g/mol. The molecule has 0 saturated carbocycles. The zero-order chi connectivity index (χ0) is 12.3. The first kappa shape index (κ1) is 12.9. The van der Waals surface area contributed by atoms with Gasteiger partial charge in [-0.25, -0.2) is 4.98 Å². The topological polar surface area (TPSA) is 88.3 Å². The minimum Gasteiger partial charge on any atom is -0.394 e. The highest BCUT2D eigenvalue weighted by molar-refractivity contribution is 9.10. The quantitative estimate of drug-likeness (QED) is 0.652. The van der Waals surface area contributed by atoms with Crippen LogP contribution in [0.4, 0.5) is 11.5 Å². The van der Waals surface area contributed by atoms with Gasteiger partial charge in [0.15, 0.2) is 0 Å². The van der Waals surface area contributed by atoms with Crippen molar-refractivity contribution in [1.82, 2.24) is 4.98 Å². The van der Waals surface area contributed by atoms with E-state index in [1.807, 2.05) is 0 Å². The third-order valence-corrected chi connectivity index (χ3v) is 3.06. The first-order chi connectivity index (χ1) is 7.47. The smallest absolute Gasteiger partial charge is 0.291 e. The number of rotatable bonds is 4. The lowest BCUT2D eigenvalue weighted by molar-refractivity contribution is -0.385. The highest BCUT2D eigenvalue weighted by Gasteiger charge is 2.17. The molecule has 0 aliphatic heterocycles. The zero-order valence-electron chi connectivity index (χ0n) is 8.90. The van der Waals surface area contributed by atoms with Gasteiger partial charge in [0.05, 0.1) is 16.0 Å². The van der Waals surface area contributed by atoms with Gasteiger partial charge < -0.3 is 10.4 Å². The van der Waals surface area contributed by atoms with Gasteiger partial charge in [-0.05, 0) is 29.8 Å². The number of aromatic nitrogens is 1. The van der Waals surface area contributed by atoms with E-state index in [4.69, 9.17) is 5.11 Å². The first-order valence-corrected chi connectivity index (χ1v) is 5.43. The van der Waals surface area contributed by atoms with E-state index < -0.39 is 4.92 Å². The Morgan fingerprint density at radius 1 is 1.75 bits per heavy atom. The molecule has 6 nitrogen and oxygen atoms in total. The summed E-state index contributed by atoms with van der Waals surface area (Å²) in [4.78, 5) is 14.1. The van der Waals surface area contributed by atoms with Crippen LogP contribution in [0, 0.1) is 17.0 Å². The summed E-state index contributed by atoms with van der Waals surface area (Å²) >= 11 is 3.25. The van der Waals surface area contributed by atoms with E-state index in [9.17, 15) is 10.1 Å². The summed E-state index contributed by atoms with van der Waals surface area (Å²) in [6, 6.07) is -0.162. The van der Waals surface area contributed by atoms with Crippen LogP contribution in [0.5, 0.6) is 0 Å². The fourth-order valence-corrected chi connectivity index (χ4v) is 1.55. The van der Waals surface area contributed by atoms with Crippen LogP contribution in [0.3, 0.4) is 0 Å². The van der Waals surface area contributed by atoms with E-state index in [1.54, 1.807) is 13.8 Å². The third-order valence-electron chi connectivity index (χ3n) is 2.09. The molecule has 1 aromatic rings. The van der Waals surface area contributed by atoms with Crippen LogP contribution in [-0.2, 0) is 0 Å². The highest BCUT2D eigenvalue weighted by atomic mass is 79.9. The Morgan fingerprint density at radius 3 is 2.88 bits per heavy atom. The monoisotopic (exact) mass is 289 g/mol. The molecule has 0 saturated heterocycles. The first-order valence-electron chi connectivity index (χ1n) is 4.64. The standard InChI is InChI=1S/C9H12BrN3O3/c1-5(4-14)12-9-8(10)6(2)7(3-11-9)13(15)16/h3,5,14H,4H2,1-2H3,(H,11,12). The van der Waals surface area contributed by atoms with Crippen LogP contribution in [0.1, 0.15) is 12.5 Å². The largest absolute Gasteiger partial charge is 0.394 e. The molecule has 7 heteroatoms. The molecule has 1 aromatic heterocycles. The van der Waals surface area contributed by atoms with Crippen LogP contribution < -0.4 is 5.32 Å². The molecule has 1 unspecified atom stereocenters. The van der Waals surface area contributed by atoms with E-state index in [2.05, 4.69) is 26.2 Å². The van der Waals surface area contributed by atoms with Gasteiger partial charge in [0.2, 0.25) is 0 Å². The van der Waals surface area contributed by atoms with Gasteiger partial charge in [-0.3, -0.25) is 10.1 Å². The summed E-state index contributed by atoms with van der Waals surface area (Å²) in [6.45, 7) is 3.38. The molecule has 0 radical (unpaired) electrons. The van der Waals surface area contributed by atoms with Gasteiger partial charge in [-0.15, -0.1) is 0 Å². The van der Waals surface area contributed by atoms with Crippen LogP contribution >= 0.6 is 15.9 Å². The average molecular weight is 290 g/mol. The van der Waals surface area contributed by atoms with Crippen LogP contribution in [0.25, 0.3) is 0 Å². The number of pyridine rings is 1. The third kappa shape index (κ3) is 2.67. The van der Waals surface area contributed by atoms with E-state index in [-0.39, 0.29) is 18.3 Å². The van der Waals surface area contributed by atoms with Crippen molar-refractivity contribution in [3.8, 4) is 0 Å². The molecule has 16 heavy (non-hydrogen) atoms. The molecule has 0 bridgehead atoms. The van der Waals surface area contributed by atoms with Crippen molar-refractivity contribution in [3.05, 3.63) is 26.3 Å².